The third-order valence-corrected chi connectivity index (χ3v) is 6.94. The highest BCUT2D eigenvalue weighted by Crippen LogP contribution is 2.30. The predicted octanol–water partition coefficient (Wildman–Crippen LogP) is 2.20. The van der Waals surface area contributed by atoms with E-state index >= 15 is 0 Å². The molecule has 0 spiro atoms. The van der Waals surface area contributed by atoms with E-state index in [1.165, 1.54) is 15.6 Å². The predicted molar refractivity (Wildman–Crippen MR) is 77.9 cm³/mol. The van der Waals surface area contributed by atoms with Crippen LogP contribution in [0.2, 0.25) is 0 Å². The number of rotatable bonds is 6. The van der Waals surface area contributed by atoms with Crippen molar-refractivity contribution in [3.05, 3.63) is 15.9 Å². The van der Waals surface area contributed by atoms with Gasteiger partial charge < -0.3 is 5.73 Å². The summed E-state index contributed by atoms with van der Waals surface area (Å²) >= 11 is 9.19. The molecule has 0 aliphatic rings. The Morgan fingerprint density at radius 3 is 2.71 bits per heavy atom. The van der Waals surface area contributed by atoms with Crippen molar-refractivity contribution in [3.63, 3.8) is 0 Å². The van der Waals surface area contributed by atoms with E-state index in [4.69, 9.17) is 18.0 Å². The fraction of sp³-hybridized carbons (Fsp3) is 0.444. The Labute approximate surface area is 119 Å². The van der Waals surface area contributed by atoms with Gasteiger partial charge in [0.15, 0.2) is 0 Å². The second kappa shape index (κ2) is 6.24. The van der Waals surface area contributed by atoms with Gasteiger partial charge in [0.05, 0.1) is 4.99 Å². The molecule has 1 aromatic rings. The summed E-state index contributed by atoms with van der Waals surface area (Å²) in [7, 11) is -3.44. The number of hydrogen-bond acceptors (Lipinski definition) is 4. The first kappa shape index (κ1) is 15.0. The van der Waals surface area contributed by atoms with Crippen molar-refractivity contribution < 1.29 is 8.42 Å². The molecular formula is C9H13BrN2O2S3. The van der Waals surface area contributed by atoms with Crippen LogP contribution in [0.4, 0.5) is 0 Å². The molecule has 0 aliphatic carbocycles. The fourth-order valence-electron chi connectivity index (χ4n) is 1.26. The van der Waals surface area contributed by atoms with E-state index in [1.54, 1.807) is 18.4 Å². The Balaban J connectivity index is 2.95. The van der Waals surface area contributed by atoms with Gasteiger partial charge in [0, 0.05) is 24.0 Å². The van der Waals surface area contributed by atoms with E-state index in [1.807, 2.05) is 0 Å². The average Bonchev–Trinajstić information content (AvgIpc) is 2.65. The summed E-state index contributed by atoms with van der Waals surface area (Å²) in [6, 6.07) is 1.72. The van der Waals surface area contributed by atoms with Crippen LogP contribution in [-0.2, 0) is 10.0 Å². The molecular weight excluding hydrogens is 344 g/mol. The highest BCUT2D eigenvalue weighted by atomic mass is 79.9. The molecule has 2 N–H and O–H groups in total. The molecule has 0 fully saturated rings. The van der Waals surface area contributed by atoms with E-state index < -0.39 is 10.0 Å². The van der Waals surface area contributed by atoms with Crippen molar-refractivity contribution >= 4 is 54.5 Å². The molecule has 1 heterocycles. The summed E-state index contributed by atoms with van der Waals surface area (Å²) in [4.78, 5) is 0.323. The molecule has 0 radical (unpaired) electrons. The minimum Gasteiger partial charge on any atom is -0.393 e. The fourth-order valence-corrected chi connectivity index (χ4v) is 5.25. The number of thiocarbonyl (C=S) groups is 1. The molecule has 0 saturated carbocycles. The molecule has 0 bridgehead atoms. The molecule has 0 aromatic carbocycles. The van der Waals surface area contributed by atoms with E-state index in [2.05, 4.69) is 15.9 Å². The van der Waals surface area contributed by atoms with Gasteiger partial charge in [-0.15, -0.1) is 11.3 Å². The molecule has 17 heavy (non-hydrogen) atoms. The van der Waals surface area contributed by atoms with Crippen LogP contribution >= 0.6 is 39.5 Å². The zero-order valence-electron chi connectivity index (χ0n) is 9.22. The smallest absolute Gasteiger partial charge is 0.253 e. The first-order valence-electron chi connectivity index (χ1n) is 4.91. The van der Waals surface area contributed by atoms with Gasteiger partial charge >= 0.3 is 0 Å². The second-order valence-electron chi connectivity index (χ2n) is 3.27. The van der Waals surface area contributed by atoms with Crippen molar-refractivity contribution in [1.82, 2.24) is 4.31 Å². The normalized spacial score (nSPS) is 11.9. The Hall–Kier alpha value is -0.0200. The first-order valence-corrected chi connectivity index (χ1v) is 8.43. The Morgan fingerprint density at radius 1 is 1.65 bits per heavy atom. The van der Waals surface area contributed by atoms with Crippen LogP contribution in [0, 0.1) is 0 Å². The minimum absolute atomic E-state index is 0.318. The molecule has 1 aromatic heterocycles. The summed E-state index contributed by atoms with van der Waals surface area (Å²) in [6.45, 7) is 2.51. The zero-order valence-corrected chi connectivity index (χ0v) is 13.3. The molecule has 96 valence electrons. The van der Waals surface area contributed by atoms with E-state index in [0.717, 1.165) is 0 Å². The van der Waals surface area contributed by atoms with Crippen molar-refractivity contribution in [3.8, 4) is 0 Å². The van der Waals surface area contributed by atoms with Crippen molar-refractivity contribution in [2.75, 3.05) is 13.1 Å². The lowest BCUT2D eigenvalue weighted by atomic mass is 10.4. The second-order valence-corrected chi connectivity index (χ2v) is 7.70. The van der Waals surface area contributed by atoms with Crippen LogP contribution in [0.25, 0.3) is 0 Å². The summed E-state index contributed by atoms with van der Waals surface area (Å²) < 4.78 is 26.9. The quantitative estimate of drug-likeness (QED) is 0.793. The third-order valence-electron chi connectivity index (χ3n) is 2.12. The average molecular weight is 357 g/mol. The van der Waals surface area contributed by atoms with Gasteiger partial charge in [-0.3, -0.25) is 0 Å². The maximum absolute atomic E-state index is 12.3. The third kappa shape index (κ3) is 3.72. The van der Waals surface area contributed by atoms with Crippen LogP contribution in [0.15, 0.2) is 20.1 Å². The van der Waals surface area contributed by atoms with Crippen molar-refractivity contribution in [2.24, 2.45) is 5.73 Å². The van der Waals surface area contributed by atoms with Gasteiger partial charge in [-0.25, -0.2) is 8.42 Å². The summed E-state index contributed by atoms with van der Waals surface area (Å²) in [5.41, 5.74) is 5.39. The molecule has 4 nitrogen and oxygen atoms in total. The van der Waals surface area contributed by atoms with Crippen LogP contribution in [0.3, 0.4) is 0 Å². The zero-order chi connectivity index (χ0) is 13.1. The molecule has 0 saturated heterocycles. The lowest BCUT2D eigenvalue weighted by molar-refractivity contribution is 0.438. The lowest BCUT2D eigenvalue weighted by Gasteiger charge is -2.19. The highest BCUT2D eigenvalue weighted by molar-refractivity contribution is 9.10. The number of thiophene rings is 1. The molecule has 0 unspecified atom stereocenters. The number of sulfonamides is 1. The van der Waals surface area contributed by atoms with E-state index in [0.29, 0.717) is 33.2 Å². The van der Waals surface area contributed by atoms with Crippen molar-refractivity contribution in [1.29, 1.82) is 0 Å². The van der Waals surface area contributed by atoms with E-state index in [9.17, 15) is 8.42 Å². The molecule has 1 rings (SSSR count). The van der Waals surface area contributed by atoms with Crippen LogP contribution in [-0.4, -0.2) is 30.8 Å². The molecule has 0 aliphatic heterocycles. The Kier molecular flexibility index (Phi) is 5.52. The molecule has 8 heteroatoms. The van der Waals surface area contributed by atoms with Crippen LogP contribution < -0.4 is 5.73 Å². The maximum Gasteiger partial charge on any atom is 0.253 e. The highest BCUT2D eigenvalue weighted by Gasteiger charge is 2.26. The lowest BCUT2D eigenvalue weighted by Crippen LogP contribution is -2.33. The van der Waals surface area contributed by atoms with Gasteiger partial charge in [-0.05, 0) is 27.4 Å². The SMILES string of the molecule is CCN(CCC(N)=S)S(=O)(=O)c1sccc1Br. The number of hydrogen-bond donors (Lipinski definition) is 1. The maximum atomic E-state index is 12.3. The summed E-state index contributed by atoms with van der Waals surface area (Å²) in [5.74, 6) is 0. The van der Waals surface area contributed by atoms with E-state index in [-0.39, 0.29) is 0 Å². The number of halogens is 1. The number of nitrogens with two attached hydrogens (primary N) is 1. The van der Waals surface area contributed by atoms with Gasteiger partial charge in [-0.2, -0.15) is 4.31 Å². The summed E-state index contributed by atoms with van der Waals surface area (Å²) in [5, 5.41) is 1.73. The van der Waals surface area contributed by atoms with Crippen molar-refractivity contribution in [2.45, 2.75) is 17.6 Å². The standard InChI is InChI=1S/C9H13BrN2O2S3/c1-2-12(5-3-8(11)15)17(13,14)9-7(10)4-6-16-9/h4,6H,2-3,5H2,1H3,(H2,11,15). The van der Waals surface area contributed by atoms with Gasteiger partial charge in [-0.1, -0.05) is 19.1 Å². The monoisotopic (exact) mass is 356 g/mol. The first-order chi connectivity index (χ1) is 7.89. The molecule has 0 atom stereocenters. The Morgan fingerprint density at radius 2 is 2.29 bits per heavy atom. The van der Waals surface area contributed by atoms with Gasteiger partial charge in [0.2, 0.25) is 0 Å². The van der Waals surface area contributed by atoms with Crippen LogP contribution in [0.1, 0.15) is 13.3 Å². The van der Waals surface area contributed by atoms with Gasteiger partial charge in [0.25, 0.3) is 10.0 Å². The minimum atomic E-state index is -3.44. The van der Waals surface area contributed by atoms with Crippen LogP contribution in [0.5, 0.6) is 0 Å². The largest absolute Gasteiger partial charge is 0.393 e. The Bertz CT molecular complexity index is 498. The summed E-state index contributed by atoms with van der Waals surface area (Å²) in [6.07, 6.45) is 0.394. The topological polar surface area (TPSA) is 63.4 Å². The molecule has 0 amide bonds. The van der Waals surface area contributed by atoms with Gasteiger partial charge in [0.1, 0.15) is 4.21 Å². The number of nitrogens with zero attached hydrogens (tertiary/aromatic N) is 1.